The Labute approximate surface area is 77.8 Å². The van der Waals surface area contributed by atoms with Gasteiger partial charge in [0.25, 0.3) is 0 Å². The first-order valence-corrected chi connectivity index (χ1v) is 5.41. The van der Waals surface area contributed by atoms with E-state index in [-0.39, 0.29) is 0 Å². The summed E-state index contributed by atoms with van der Waals surface area (Å²) in [5, 5.41) is 0. The quantitative estimate of drug-likeness (QED) is 0.651. The molecule has 1 aliphatic heterocycles. The van der Waals surface area contributed by atoms with Crippen molar-refractivity contribution in [3.8, 4) is 0 Å². The van der Waals surface area contributed by atoms with E-state index in [0.717, 1.165) is 5.88 Å². The van der Waals surface area contributed by atoms with E-state index >= 15 is 0 Å². The molecule has 1 nitrogen and oxygen atoms in total. The number of aryl methyl sites for hydroxylation is 1. The van der Waals surface area contributed by atoms with Gasteiger partial charge in [-0.2, -0.15) is 0 Å². The Balaban J connectivity index is 2.17. The van der Waals surface area contributed by atoms with Crippen LogP contribution in [0.15, 0.2) is 24.3 Å². The van der Waals surface area contributed by atoms with Crippen LogP contribution < -0.4 is 4.90 Å². The summed E-state index contributed by atoms with van der Waals surface area (Å²) >= 11 is 2.01. The molecule has 0 bridgehead atoms. The van der Waals surface area contributed by atoms with Gasteiger partial charge in [0.15, 0.2) is 0 Å². The van der Waals surface area contributed by atoms with Crippen molar-refractivity contribution in [3.05, 3.63) is 29.8 Å². The first kappa shape index (κ1) is 7.99. The number of nitrogens with zero attached hydrogens (tertiary/aromatic N) is 1. The molecule has 2 heteroatoms. The lowest BCUT2D eigenvalue weighted by atomic mass is 10.2. The van der Waals surface area contributed by atoms with Crippen LogP contribution in [0.2, 0.25) is 0 Å². The summed E-state index contributed by atoms with van der Waals surface area (Å²) in [6, 6.07) is 8.78. The van der Waals surface area contributed by atoms with Gasteiger partial charge in [-0.25, -0.2) is 0 Å². The summed E-state index contributed by atoms with van der Waals surface area (Å²) in [5.41, 5.74) is 2.70. The first-order chi connectivity index (χ1) is 5.86. The summed E-state index contributed by atoms with van der Waals surface area (Å²) in [5.74, 6) is 2.43. The van der Waals surface area contributed by atoms with Gasteiger partial charge in [0, 0.05) is 18.0 Å². The zero-order valence-electron chi connectivity index (χ0n) is 7.29. The topological polar surface area (TPSA) is 3.24 Å². The summed E-state index contributed by atoms with van der Waals surface area (Å²) in [6.45, 7) is 3.33. The van der Waals surface area contributed by atoms with Gasteiger partial charge in [0.1, 0.15) is 0 Å². The lowest BCUT2D eigenvalue weighted by Crippen LogP contribution is -2.17. The summed E-state index contributed by atoms with van der Waals surface area (Å²) in [7, 11) is 0. The zero-order valence-corrected chi connectivity index (χ0v) is 8.10. The van der Waals surface area contributed by atoms with Crippen molar-refractivity contribution in [1.82, 2.24) is 0 Å². The fourth-order valence-corrected chi connectivity index (χ4v) is 2.35. The minimum Gasteiger partial charge on any atom is -0.361 e. The van der Waals surface area contributed by atoms with Gasteiger partial charge < -0.3 is 4.90 Å². The van der Waals surface area contributed by atoms with E-state index in [1.807, 2.05) is 11.8 Å². The molecule has 1 heterocycles. The molecule has 0 aromatic heterocycles. The molecule has 2 rings (SSSR count). The highest BCUT2D eigenvalue weighted by molar-refractivity contribution is 7.99. The van der Waals surface area contributed by atoms with Gasteiger partial charge in [-0.3, -0.25) is 0 Å². The van der Waals surface area contributed by atoms with Crippen molar-refractivity contribution in [1.29, 1.82) is 0 Å². The smallest absolute Gasteiger partial charge is 0.0640 e. The third-order valence-electron chi connectivity index (χ3n) is 2.15. The predicted octanol–water partition coefficient (Wildman–Crippen LogP) is 2.51. The van der Waals surface area contributed by atoms with Gasteiger partial charge in [-0.1, -0.05) is 17.7 Å². The SMILES string of the molecule is Cc1ccc(N2CCSC2)cc1. The third kappa shape index (κ3) is 1.58. The molecule has 0 atom stereocenters. The largest absolute Gasteiger partial charge is 0.361 e. The molecular weight excluding hydrogens is 166 g/mol. The highest BCUT2D eigenvalue weighted by atomic mass is 32.2. The van der Waals surface area contributed by atoms with E-state index in [1.54, 1.807) is 0 Å². The van der Waals surface area contributed by atoms with Crippen molar-refractivity contribution in [3.63, 3.8) is 0 Å². The molecule has 1 saturated heterocycles. The fourth-order valence-electron chi connectivity index (χ4n) is 1.37. The van der Waals surface area contributed by atoms with Crippen LogP contribution in [-0.4, -0.2) is 18.2 Å². The molecule has 1 aromatic rings. The first-order valence-electron chi connectivity index (χ1n) is 4.25. The van der Waals surface area contributed by atoms with E-state index in [0.29, 0.717) is 0 Å². The minimum absolute atomic E-state index is 1.16. The molecule has 12 heavy (non-hydrogen) atoms. The van der Waals surface area contributed by atoms with Crippen molar-refractivity contribution in [2.24, 2.45) is 0 Å². The number of anilines is 1. The van der Waals surface area contributed by atoms with E-state index < -0.39 is 0 Å². The maximum atomic E-state index is 2.42. The second-order valence-electron chi connectivity index (χ2n) is 3.14. The summed E-state index contributed by atoms with van der Waals surface area (Å²) in [6.07, 6.45) is 0. The highest BCUT2D eigenvalue weighted by Crippen LogP contribution is 2.22. The maximum Gasteiger partial charge on any atom is 0.0640 e. The van der Waals surface area contributed by atoms with Crippen molar-refractivity contribution >= 4 is 17.4 Å². The summed E-state index contributed by atoms with van der Waals surface area (Å²) in [4.78, 5) is 2.42. The monoisotopic (exact) mass is 179 g/mol. The Bertz CT molecular complexity index is 249. The van der Waals surface area contributed by atoms with E-state index in [4.69, 9.17) is 0 Å². The predicted molar refractivity (Wildman–Crippen MR) is 55.9 cm³/mol. The normalized spacial score (nSPS) is 16.9. The van der Waals surface area contributed by atoms with E-state index in [9.17, 15) is 0 Å². The second-order valence-corrected chi connectivity index (χ2v) is 4.21. The molecule has 1 aromatic carbocycles. The molecule has 0 unspecified atom stereocenters. The van der Waals surface area contributed by atoms with Crippen molar-refractivity contribution < 1.29 is 0 Å². The van der Waals surface area contributed by atoms with Crippen LogP contribution in [0.5, 0.6) is 0 Å². The number of benzene rings is 1. The number of rotatable bonds is 1. The van der Waals surface area contributed by atoms with Crippen molar-refractivity contribution in [2.45, 2.75) is 6.92 Å². The average molecular weight is 179 g/mol. The van der Waals surface area contributed by atoms with Gasteiger partial charge in [0.05, 0.1) is 5.88 Å². The van der Waals surface area contributed by atoms with Gasteiger partial charge >= 0.3 is 0 Å². The Morgan fingerprint density at radius 2 is 2.00 bits per heavy atom. The van der Waals surface area contributed by atoms with E-state index in [2.05, 4.69) is 36.1 Å². The molecule has 0 amide bonds. The highest BCUT2D eigenvalue weighted by Gasteiger charge is 2.11. The van der Waals surface area contributed by atoms with Gasteiger partial charge in [-0.15, -0.1) is 11.8 Å². The van der Waals surface area contributed by atoms with Crippen LogP contribution in [-0.2, 0) is 0 Å². The molecule has 0 aliphatic carbocycles. The third-order valence-corrected chi connectivity index (χ3v) is 3.12. The van der Waals surface area contributed by atoms with Crippen LogP contribution in [0.3, 0.4) is 0 Å². The fraction of sp³-hybridized carbons (Fsp3) is 0.400. The van der Waals surface area contributed by atoms with Gasteiger partial charge in [0.2, 0.25) is 0 Å². The minimum atomic E-state index is 1.16. The van der Waals surface area contributed by atoms with Crippen LogP contribution >= 0.6 is 11.8 Å². The molecule has 1 aliphatic rings. The lowest BCUT2D eigenvalue weighted by Gasteiger charge is -2.16. The molecule has 0 N–H and O–H groups in total. The average Bonchev–Trinajstić information content (AvgIpc) is 2.58. The molecule has 1 fully saturated rings. The summed E-state index contributed by atoms with van der Waals surface area (Å²) < 4.78 is 0. The van der Waals surface area contributed by atoms with E-state index in [1.165, 1.54) is 23.5 Å². The molecular formula is C10H13NS. The number of thioether (sulfide) groups is 1. The van der Waals surface area contributed by atoms with Crippen LogP contribution in [0.1, 0.15) is 5.56 Å². The Kier molecular flexibility index (Phi) is 2.26. The second kappa shape index (κ2) is 3.40. The maximum absolute atomic E-state index is 2.42. The van der Waals surface area contributed by atoms with Crippen LogP contribution in [0, 0.1) is 6.92 Å². The standard InChI is InChI=1S/C10H13NS/c1-9-2-4-10(5-3-9)11-6-7-12-8-11/h2-5H,6-8H2,1H3. The zero-order chi connectivity index (χ0) is 8.39. The van der Waals surface area contributed by atoms with Gasteiger partial charge in [-0.05, 0) is 19.1 Å². The Hall–Kier alpha value is -0.630. The Morgan fingerprint density at radius 1 is 1.25 bits per heavy atom. The lowest BCUT2D eigenvalue weighted by molar-refractivity contribution is 0.993. The molecule has 0 saturated carbocycles. The molecule has 64 valence electrons. The Morgan fingerprint density at radius 3 is 2.58 bits per heavy atom. The molecule has 0 radical (unpaired) electrons. The van der Waals surface area contributed by atoms with Crippen LogP contribution in [0.4, 0.5) is 5.69 Å². The van der Waals surface area contributed by atoms with Crippen molar-refractivity contribution in [2.75, 3.05) is 23.1 Å². The number of hydrogen-bond donors (Lipinski definition) is 0. The number of hydrogen-bond acceptors (Lipinski definition) is 2. The molecule has 0 spiro atoms. The van der Waals surface area contributed by atoms with Crippen LogP contribution in [0.25, 0.3) is 0 Å².